The lowest BCUT2D eigenvalue weighted by molar-refractivity contribution is -0.149. The van der Waals surface area contributed by atoms with Crippen molar-refractivity contribution >= 4 is 23.1 Å². The monoisotopic (exact) mass is 450 g/mol. The van der Waals surface area contributed by atoms with Gasteiger partial charge in [0.1, 0.15) is 18.2 Å². The van der Waals surface area contributed by atoms with Crippen LogP contribution in [0.2, 0.25) is 0 Å². The molecule has 0 bridgehead atoms. The molecular weight excluding hydrogens is 423 g/mol. The van der Waals surface area contributed by atoms with E-state index < -0.39 is 0 Å². The van der Waals surface area contributed by atoms with Crippen LogP contribution in [0.1, 0.15) is 47.8 Å². The molecule has 33 heavy (non-hydrogen) atoms. The third kappa shape index (κ3) is 4.29. The number of Topliss-reactive ketones (excluding diaryl/α,β-unsaturated/α-hetero) is 1. The molecule has 1 aliphatic carbocycles. The zero-order valence-corrected chi connectivity index (χ0v) is 18.7. The van der Waals surface area contributed by atoms with Crippen LogP contribution in [0.4, 0.5) is 4.39 Å². The minimum absolute atomic E-state index is 0.0137. The van der Waals surface area contributed by atoms with Gasteiger partial charge in [-0.2, -0.15) is 0 Å². The number of ether oxygens (including phenoxy) is 2. The van der Waals surface area contributed by atoms with Gasteiger partial charge in [-0.05, 0) is 68.2 Å². The molecule has 0 amide bonds. The summed E-state index contributed by atoms with van der Waals surface area (Å²) in [4.78, 5) is 31.7. The number of hydrogen-bond acceptors (Lipinski definition) is 6. The van der Waals surface area contributed by atoms with E-state index in [0.29, 0.717) is 30.1 Å². The summed E-state index contributed by atoms with van der Waals surface area (Å²) in [5.74, 6) is 0.0426. The van der Waals surface area contributed by atoms with Gasteiger partial charge in [-0.25, -0.2) is 4.39 Å². The molecule has 0 N–H and O–H groups in total. The van der Waals surface area contributed by atoms with Gasteiger partial charge in [0.05, 0.1) is 23.8 Å². The van der Waals surface area contributed by atoms with E-state index in [-0.39, 0.29) is 29.9 Å². The first-order valence-electron chi connectivity index (χ1n) is 11.6. The first kappa shape index (κ1) is 21.8. The number of hydrogen-bond donors (Lipinski definition) is 0. The van der Waals surface area contributed by atoms with Crippen molar-refractivity contribution in [3.63, 3.8) is 0 Å². The van der Waals surface area contributed by atoms with Crippen molar-refractivity contribution in [1.29, 1.82) is 0 Å². The predicted molar refractivity (Wildman–Crippen MR) is 120 cm³/mol. The van der Waals surface area contributed by atoms with E-state index in [1.54, 1.807) is 6.07 Å². The molecule has 0 spiro atoms. The Bertz CT molecular complexity index is 1140. The fraction of sp³-hybridized carbons (Fsp3) is 0.423. The molecule has 1 fully saturated rings. The third-order valence-corrected chi connectivity index (χ3v) is 6.72. The molecule has 1 aromatic carbocycles. The van der Waals surface area contributed by atoms with Crippen LogP contribution in [-0.2, 0) is 38.5 Å². The molecule has 0 atom stereocenters. The number of aromatic nitrogens is 1. The SMILES string of the molecule is CCOC(=O)C1CCN(CCc2ccc3c(n2)CO/C3=C2/C(=O)Cc3ccc(F)cc32)CC1. The fourth-order valence-corrected chi connectivity index (χ4v) is 4.95. The van der Waals surface area contributed by atoms with E-state index in [2.05, 4.69) is 4.90 Å². The van der Waals surface area contributed by atoms with E-state index >= 15 is 0 Å². The van der Waals surface area contributed by atoms with Gasteiger partial charge >= 0.3 is 5.97 Å². The summed E-state index contributed by atoms with van der Waals surface area (Å²) in [5, 5.41) is 0. The largest absolute Gasteiger partial charge is 0.486 e. The van der Waals surface area contributed by atoms with E-state index in [0.717, 1.165) is 61.4 Å². The minimum atomic E-state index is -0.362. The number of piperidine rings is 1. The summed E-state index contributed by atoms with van der Waals surface area (Å²) in [6.07, 6.45) is 2.73. The maximum atomic E-state index is 13.8. The maximum absolute atomic E-state index is 13.8. The van der Waals surface area contributed by atoms with Gasteiger partial charge in [-0.15, -0.1) is 0 Å². The Labute approximate surface area is 192 Å². The minimum Gasteiger partial charge on any atom is -0.486 e. The van der Waals surface area contributed by atoms with Crippen molar-refractivity contribution in [2.24, 2.45) is 5.92 Å². The number of allylic oxidation sites excluding steroid dienone is 1. The molecule has 1 saturated heterocycles. The molecule has 1 aromatic heterocycles. The summed E-state index contributed by atoms with van der Waals surface area (Å²) in [5.41, 5.74) is 4.51. The number of carbonyl (C=O) groups is 2. The van der Waals surface area contributed by atoms with Gasteiger partial charge in [0.2, 0.25) is 0 Å². The fourth-order valence-electron chi connectivity index (χ4n) is 4.95. The molecule has 7 heteroatoms. The van der Waals surface area contributed by atoms with E-state index in [9.17, 15) is 14.0 Å². The van der Waals surface area contributed by atoms with Crippen LogP contribution in [0.15, 0.2) is 30.3 Å². The zero-order valence-electron chi connectivity index (χ0n) is 18.7. The maximum Gasteiger partial charge on any atom is 0.309 e. The second kappa shape index (κ2) is 9.06. The van der Waals surface area contributed by atoms with Crippen LogP contribution in [0, 0.1) is 11.7 Å². The van der Waals surface area contributed by atoms with Crippen LogP contribution >= 0.6 is 0 Å². The highest BCUT2D eigenvalue weighted by Gasteiger charge is 2.33. The molecule has 0 unspecified atom stereocenters. The molecule has 3 heterocycles. The zero-order chi connectivity index (χ0) is 22.9. The van der Waals surface area contributed by atoms with E-state index in [4.69, 9.17) is 14.5 Å². The van der Waals surface area contributed by atoms with Gasteiger partial charge in [0.25, 0.3) is 0 Å². The average Bonchev–Trinajstić information content (AvgIpc) is 3.37. The predicted octanol–water partition coefficient (Wildman–Crippen LogP) is 3.56. The molecule has 6 nitrogen and oxygen atoms in total. The van der Waals surface area contributed by atoms with Gasteiger partial charge in [-0.1, -0.05) is 6.07 Å². The third-order valence-electron chi connectivity index (χ3n) is 6.72. The molecule has 2 aromatic rings. The number of nitrogens with zero attached hydrogens (tertiary/aromatic N) is 2. The first-order chi connectivity index (χ1) is 16.0. The number of ketones is 1. The van der Waals surface area contributed by atoms with Crippen molar-refractivity contribution in [3.05, 3.63) is 64.2 Å². The molecule has 172 valence electrons. The van der Waals surface area contributed by atoms with Crippen molar-refractivity contribution in [2.75, 3.05) is 26.2 Å². The highest BCUT2D eigenvalue weighted by molar-refractivity contribution is 6.31. The topological polar surface area (TPSA) is 68.7 Å². The highest BCUT2D eigenvalue weighted by Crippen LogP contribution is 2.40. The van der Waals surface area contributed by atoms with E-state index in [1.165, 1.54) is 12.1 Å². The van der Waals surface area contributed by atoms with Crippen molar-refractivity contribution in [2.45, 2.75) is 39.2 Å². The Kier molecular flexibility index (Phi) is 5.98. The number of halogens is 1. The van der Waals surface area contributed by atoms with Crippen LogP contribution in [-0.4, -0.2) is 47.9 Å². The number of pyridine rings is 1. The number of benzene rings is 1. The summed E-state index contributed by atoms with van der Waals surface area (Å²) < 4.78 is 24.9. The second-order valence-corrected chi connectivity index (χ2v) is 8.81. The van der Waals surface area contributed by atoms with Crippen molar-refractivity contribution < 1.29 is 23.5 Å². The molecular formula is C26H27FN2O4. The number of fused-ring (bicyclic) bond motifs is 2. The lowest BCUT2D eigenvalue weighted by Gasteiger charge is -2.30. The number of rotatable bonds is 5. The Morgan fingerprint density at radius 3 is 2.82 bits per heavy atom. The summed E-state index contributed by atoms with van der Waals surface area (Å²) in [7, 11) is 0. The summed E-state index contributed by atoms with van der Waals surface area (Å²) in [6.45, 7) is 5.22. The molecule has 5 rings (SSSR count). The van der Waals surface area contributed by atoms with Crippen LogP contribution < -0.4 is 0 Å². The Morgan fingerprint density at radius 2 is 2.03 bits per heavy atom. The Morgan fingerprint density at radius 1 is 1.21 bits per heavy atom. The highest BCUT2D eigenvalue weighted by atomic mass is 19.1. The molecule has 3 aliphatic rings. The summed E-state index contributed by atoms with van der Waals surface area (Å²) in [6, 6.07) is 8.41. The molecule has 0 saturated carbocycles. The standard InChI is InChI=1S/C26H27FN2O4/c1-2-32-26(31)16-7-10-29(11-8-16)12-9-19-5-6-20-22(28-19)15-33-25(20)24-21-14-18(27)4-3-17(21)13-23(24)30/h3-6,14,16H,2,7-13,15H2,1H3/b25-24+. The lowest BCUT2D eigenvalue weighted by Crippen LogP contribution is -2.38. The number of carbonyl (C=O) groups excluding carboxylic acids is 2. The first-order valence-corrected chi connectivity index (χ1v) is 11.6. The quantitative estimate of drug-likeness (QED) is 0.513. The van der Waals surface area contributed by atoms with Gasteiger partial charge in [-0.3, -0.25) is 14.6 Å². The summed E-state index contributed by atoms with van der Waals surface area (Å²) >= 11 is 0. The molecule has 0 radical (unpaired) electrons. The number of likely N-dealkylation sites (tertiary alicyclic amines) is 1. The Balaban J connectivity index is 1.26. The van der Waals surface area contributed by atoms with Crippen molar-refractivity contribution in [1.82, 2.24) is 9.88 Å². The second-order valence-electron chi connectivity index (χ2n) is 8.81. The van der Waals surface area contributed by atoms with Crippen LogP contribution in [0.5, 0.6) is 0 Å². The van der Waals surface area contributed by atoms with Crippen molar-refractivity contribution in [3.8, 4) is 0 Å². The average molecular weight is 451 g/mol. The van der Waals surface area contributed by atoms with E-state index in [1.807, 2.05) is 19.1 Å². The van der Waals surface area contributed by atoms with Gasteiger partial charge < -0.3 is 14.4 Å². The molecule has 2 aliphatic heterocycles. The van der Waals surface area contributed by atoms with Crippen LogP contribution in [0.25, 0.3) is 11.3 Å². The van der Waals surface area contributed by atoms with Crippen LogP contribution in [0.3, 0.4) is 0 Å². The van der Waals surface area contributed by atoms with Gasteiger partial charge in [0.15, 0.2) is 5.78 Å². The van der Waals surface area contributed by atoms with Gasteiger partial charge in [0, 0.05) is 30.6 Å². The lowest BCUT2D eigenvalue weighted by atomic mass is 9.97. The normalized spacial score (nSPS) is 20.5. The number of esters is 1. The smallest absolute Gasteiger partial charge is 0.309 e. The Hall–Kier alpha value is -3.06.